The number of imidazole rings is 5. The molecular weight excluding hydrogens is 1680 g/mol. The first-order chi connectivity index (χ1) is 62.4. The van der Waals surface area contributed by atoms with Crippen LogP contribution in [-0.2, 0) is 28.5 Å². The van der Waals surface area contributed by atoms with E-state index in [1.165, 1.54) is 29.3 Å². The number of fused-ring (bicyclic) bond motifs is 9. The summed E-state index contributed by atoms with van der Waals surface area (Å²) in [7, 11) is 0. The maximum Gasteiger partial charge on any atom is 0.303 e. The molecule has 648 valence electrons. The number of nitrogen functional groups attached to an aromatic ring is 3. The highest BCUT2D eigenvalue weighted by molar-refractivity contribution is 5.85. The van der Waals surface area contributed by atoms with Crippen LogP contribution >= 0.6 is 0 Å². The third-order valence-corrected chi connectivity index (χ3v) is 19.1. The second-order valence-electron chi connectivity index (χ2n) is 27.6. The fourth-order valence-corrected chi connectivity index (χ4v) is 13.4. The molecule has 4 aromatic carbocycles. The van der Waals surface area contributed by atoms with Crippen molar-refractivity contribution in [2.24, 2.45) is 50.9 Å². The number of H-pyrrole nitrogens is 8. The number of esters is 2. The molecule has 0 saturated carbocycles. The van der Waals surface area contributed by atoms with E-state index in [2.05, 4.69) is 174 Å². The summed E-state index contributed by atoms with van der Waals surface area (Å²) in [6.07, 6.45) is -0.255. The van der Waals surface area contributed by atoms with E-state index in [1.807, 2.05) is 73.7 Å². The van der Waals surface area contributed by atoms with Crippen LogP contribution < -0.4 is 45.0 Å². The van der Waals surface area contributed by atoms with Crippen molar-refractivity contribution in [3.05, 3.63) is 204 Å². The first kappa shape index (κ1) is 84.7. The van der Waals surface area contributed by atoms with Gasteiger partial charge in [0.2, 0.25) is 41.6 Å². The number of carbonyl (C=O) groups excluding carboxylic acids is 2. The lowest BCUT2D eigenvalue weighted by molar-refractivity contribution is -0.165. The van der Waals surface area contributed by atoms with E-state index in [9.17, 15) is 48.9 Å². The number of aliphatic hydroxyl groups is 3. The molecule has 0 spiro atoms. The Labute approximate surface area is 715 Å². The Balaban J connectivity index is 0.000000123. The molecule has 2 aliphatic rings. The highest BCUT2D eigenvalue weighted by atomic mass is 16.6. The number of carbonyl (C=O) groups is 2. The number of pyridine rings is 4. The average molecular weight is 1750 g/mol. The number of aromatic nitrogens is 24. The van der Waals surface area contributed by atoms with E-state index in [4.69, 9.17) is 36.1 Å². The average Bonchev–Trinajstić information content (AvgIpc) is 1.58. The standard InChI is InChI=1S/C25H24N8O6.C19H18N8O5.C15H10N8O.C14H10N8O.C5H5N5O/c1-5-17-19(37-12(2)34)20(38-13(3)35)23(39-17)33-21-18(22(36)30-24(26-4)29-21)28-25(33)32-31-15-8-9-16-14(11-15)7-6-10-27-16;20-18-23-15-12(16(31)24-18)22-19(27(15)17-14(30)13(29)11(7-28)32-17)26-25-9-3-4-10-8(6-9)2-1-5-21-10;1-16-14-19-12-11(13(24)21-14)18-15(20-12)23-22-9-4-5-10-8(7-9)3-2-6-17-10;15-13-18-11-10(12(23)20-13)17-14(19-11)22-21-8-3-4-9-7(6-8)2-1-5-16-9;6-5-9-3-2(4(11)10-5)7-1-8-3/h6-11,17,19-20,23H,4-5H2,1-3H3,(H,29,30,36);1-6,11,13-14,17,28-30H,7H2,(H3,20,23,24,31);2-7H,1H2,(H2,18,19,20,21,24);1-6H,(H4,15,17,18,19,20,23);1H,(H4,6,7,8,9,10,11)/t17-,19+,20?,23-;11-,13+,14?,17-;;;/m11.../s1. The number of nitrogens with one attached hydrogen (secondary N) is 8. The Morgan fingerprint density at radius 3 is 1.30 bits per heavy atom. The Bertz CT molecular complexity index is 7840. The van der Waals surface area contributed by atoms with Gasteiger partial charge in [-0.3, -0.25) is 87.6 Å². The topological polar surface area (TPSA) is 735 Å². The summed E-state index contributed by atoms with van der Waals surface area (Å²) < 4.78 is 25.5. The molecule has 2 saturated heterocycles. The molecule has 0 bridgehead atoms. The number of hydrogen-bond acceptors (Lipinski definition) is 41. The Morgan fingerprint density at radius 1 is 0.434 bits per heavy atom. The summed E-state index contributed by atoms with van der Waals surface area (Å²) in [6, 6.07) is 36.6. The summed E-state index contributed by atoms with van der Waals surface area (Å²) in [5.41, 5.74) is 21.0. The quantitative estimate of drug-likeness (QED) is 0.0246. The zero-order chi connectivity index (χ0) is 90.3. The van der Waals surface area contributed by atoms with Crippen LogP contribution in [0.1, 0.15) is 39.6 Å². The largest absolute Gasteiger partial charge is 0.456 e. The van der Waals surface area contributed by atoms with Gasteiger partial charge in [-0.25, -0.2) is 24.9 Å². The molecule has 0 aliphatic carbocycles. The number of aliphatic hydroxyl groups excluding tert-OH is 3. The second-order valence-corrected chi connectivity index (χ2v) is 27.6. The van der Waals surface area contributed by atoms with Crippen molar-refractivity contribution in [2.45, 2.75) is 76.3 Å². The molecule has 8 atom stereocenters. The van der Waals surface area contributed by atoms with Gasteiger partial charge in [0.1, 0.15) is 24.4 Å². The normalized spacial score (nSPS) is 17.3. The number of benzene rings is 4. The van der Waals surface area contributed by atoms with Crippen molar-refractivity contribution in [1.29, 1.82) is 0 Å². The number of aromatic amines is 8. The molecule has 2 unspecified atom stereocenters. The zero-order valence-corrected chi connectivity index (χ0v) is 67.1. The summed E-state index contributed by atoms with van der Waals surface area (Å²) in [5, 5.41) is 66.9. The van der Waals surface area contributed by atoms with Gasteiger partial charge in [0.05, 0.1) is 57.8 Å². The summed E-state index contributed by atoms with van der Waals surface area (Å²) in [5.74, 6) is -1.08. The Morgan fingerprint density at radius 2 is 0.829 bits per heavy atom. The Hall–Kier alpha value is -17.8. The zero-order valence-electron chi connectivity index (χ0n) is 67.1. The minimum absolute atomic E-state index is 0.000446. The minimum Gasteiger partial charge on any atom is -0.456 e. The summed E-state index contributed by atoms with van der Waals surface area (Å²) in [6.45, 7) is 10.5. The second kappa shape index (κ2) is 36.7. The van der Waals surface area contributed by atoms with Crippen molar-refractivity contribution >= 4 is 201 Å². The third kappa shape index (κ3) is 18.5. The van der Waals surface area contributed by atoms with Crippen molar-refractivity contribution in [1.82, 2.24) is 119 Å². The monoisotopic (exact) mass is 1750 g/mol. The number of nitrogens with two attached hydrogens (primary N) is 3. The van der Waals surface area contributed by atoms with E-state index in [0.29, 0.717) is 40.3 Å². The lowest BCUT2D eigenvalue weighted by atomic mass is 10.1. The molecule has 2 aliphatic heterocycles. The van der Waals surface area contributed by atoms with E-state index >= 15 is 0 Å². The van der Waals surface area contributed by atoms with Gasteiger partial charge in [-0.05, 0) is 117 Å². The van der Waals surface area contributed by atoms with Crippen LogP contribution in [0, 0.1) is 0 Å². The van der Waals surface area contributed by atoms with Gasteiger partial charge in [-0.1, -0.05) is 31.2 Å². The number of ether oxygens (including phenoxy) is 4. The summed E-state index contributed by atoms with van der Waals surface area (Å²) >= 11 is 0. The van der Waals surface area contributed by atoms with Crippen molar-refractivity contribution in [3.8, 4) is 0 Å². The molecule has 20 rings (SSSR count). The first-order valence-electron chi connectivity index (χ1n) is 38.3. The molecule has 14 aromatic heterocycles. The molecule has 17 N–H and O–H groups in total. The molecule has 51 heteroatoms. The molecule has 0 amide bonds. The van der Waals surface area contributed by atoms with Crippen molar-refractivity contribution in [2.75, 3.05) is 23.8 Å². The van der Waals surface area contributed by atoms with Crippen LogP contribution in [0.2, 0.25) is 0 Å². The number of anilines is 3. The number of aliphatic imine (C=N–C) groups is 2. The molecule has 2 fully saturated rings. The van der Waals surface area contributed by atoms with E-state index in [-0.39, 0.29) is 104 Å². The molecule has 0 radical (unpaired) electrons. The van der Waals surface area contributed by atoms with Crippen molar-refractivity contribution < 1.29 is 43.9 Å². The predicted octanol–water partition coefficient (Wildman–Crippen LogP) is 8.23. The third-order valence-electron chi connectivity index (χ3n) is 19.1. The van der Waals surface area contributed by atoms with Crippen LogP contribution in [0.3, 0.4) is 0 Å². The first-order valence-corrected chi connectivity index (χ1v) is 38.3. The fourth-order valence-electron chi connectivity index (χ4n) is 13.4. The van der Waals surface area contributed by atoms with Crippen LogP contribution in [0.15, 0.2) is 227 Å². The number of nitrogens with zero attached hydrogens (tertiary/aromatic N) is 26. The predicted molar refractivity (Wildman–Crippen MR) is 463 cm³/mol. The van der Waals surface area contributed by atoms with Crippen LogP contribution in [0.4, 0.5) is 76.3 Å². The maximum absolute atomic E-state index is 12.8. The maximum atomic E-state index is 12.8. The number of rotatable bonds is 16. The molecule has 51 nitrogen and oxygen atoms in total. The molecule has 129 heavy (non-hydrogen) atoms. The SMILES string of the molecule is C=Nc1nc2c(nc(N=Nc3ccc4ncccc4c3)n2[C@@H]2O[C@H](CC)[C@H](OC(C)=O)C2OC(C)=O)c(=O)[nH]1.C=Nc1nc2nc(N=Nc3ccc4ncccc4c3)[nH]c2c(=O)[nH]1.Nc1nc2c(nc(N=Nc3ccc4ncccc4c3)n2[C@@H]2O[C@H](CO)[C@H](O)C2O)c(=O)[nH]1.Nc1nc2nc(N=Nc3ccc4ncccc4c3)[nH]c2c(=O)[nH]1.Nc1nc2nc[nH]c2c(=O)[nH]1. The highest BCUT2D eigenvalue weighted by Crippen LogP contribution is 2.41. The smallest absolute Gasteiger partial charge is 0.303 e. The van der Waals surface area contributed by atoms with E-state index in [0.717, 1.165) is 43.6 Å². The number of azo groups is 4. The lowest BCUT2D eigenvalue weighted by Gasteiger charge is -2.24. The molecule has 18 aromatic rings. The highest BCUT2D eigenvalue weighted by Gasteiger charge is 2.51. The molecular formula is C78H67N37O14. The van der Waals surface area contributed by atoms with Gasteiger partial charge in [0, 0.05) is 60.2 Å². The fraction of sp³-hybridized carbons (Fsp3) is 0.167. The van der Waals surface area contributed by atoms with Gasteiger partial charge in [-0.15, -0.1) is 40.9 Å². The van der Waals surface area contributed by atoms with Crippen LogP contribution in [-0.4, -0.2) is 203 Å². The number of hydrogen-bond donors (Lipinski definition) is 14. The van der Waals surface area contributed by atoms with E-state index < -0.39 is 89.9 Å². The summed E-state index contributed by atoms with van der Waals surface area (Å²) in [4.78, 5) is 169. The van der Waals surface area contributed by atoms with E-state index in [1.54, 1.807) is 79.4 Å². The van der Waals surface area contributed by atoms with Crippen LogP contribution in [0.5, 0.6) is 0 Å². The van der Waals surface area contributed by atoms with Gasteiger partial charge < -0.3 is 66.4 Å². The van der Waals surface area contributed by atoms with Crippen LogP contribution in [0.25, 0.3) is 99.4 Å². The molecule has 16 heterocycles. The Kier molecular flexibility index (Phi) is 24.1. The van der Waals surface area contributed by atoms with Gasteiger partial charge in [0.25, 0.3) is 39.7 Å². The lowest BCUT2D eigenvalue weighted by Crippen LogP contribution is -2.38. The van der Waals surface area contributed by atoms with Gasteiger partial charge >= 0.3 is 11.9 Å². The van der Waals surface area contributed by atoms with Gasteiger partial charge in [-0.2, -0.15) is 34.9 Å². The van der Waals surface area contributed by atoms with Crippen molar-refractivity contribution in [3.63, 3.8) is 0 Å². The van der Waals surface area contributed by atoms with Gasteiger partial charge in [0.15, 0.2) is 80.5 Å². The minimum atomic E-state index is -1.45.